The van der Waals surface area contributed by atoms with E-state index in [1.807, 2.05) is 11.8 Å². The highest BCUT2D eigenvalue weighted by Gasteiger charge is 2.20. The molecule has 1 fully saturated rings. The zero-order chi connectivity index (χ0) is 16.7. The number of rotatable bonds is 5. The van der Waals surface area contributed by atoms with Gasteiger partial charge in [-0.2, -0.15) is 0 Å². The number of piperazine rings is 1. The molecular weight excluding hydrogens is 310 g/mol. The van der Waals surface area contributed by atoms with E-state index in [9.17, 15) is 4.79 Å². The second-order valence-electron chi connectivity index (χ2n) is 5.71. The van der Waals surface area contributed by atoms with E-state index in [4.69, 9.17) is 4.99 Å². The predicted octanol–water partition coefficient (Wildman–Crippen LogP) is 1.51. The molecule has 0 bridgehead atoms. The lowest BCUT2D eigenvalue weighted by Gasteiger charge is -2.36. The molecule has 6 nitrogen and oxygen atoms in total. The van der Waals surface area contributed by atoms with Crippen LogP contribution in [0.4, 0.5) is 0 Å². The molecule has 1 saturated heterocycles. The van der Waals surface area contributed by atoms with E-state index < -0.39 is 0 Å². The van der Waals surface area contributed by atoms with Gasteiger partial charge in [-0.1, -0.05) is 0 Å². The van der Waals surface area contributed by atoms with Gasteiger partial charge < -0.3 is 15.1 Å². The molecule has 0 spiro atoms. The van der Waals surface area contributed by atoms with Crippen molar-refractivity contribution in [2.24, 2.45) is 4.99 Å². The minimum absolute atomic E-state index is 0.158. The third-order valence-electron chi connectivity index (χ3n) is 3.84. The molecule has 2 heterocycles. The first kappa shape index (κ1) is 17.7. The summed E-state index contributed by atoms with van der Waals surface area (Å²) in [4.78, 5) is 24.8. The van der Waals surface area contributed by atoms with Gasteiger partial charge in [-0.15, -0.1) is 11.3 Å². The Kier molecular flexibility index (Phi) is 6.83. The number of carbonyl (C=O) groups is 1. The molecule has 1 aliphatic rings. The fraction of sp³-hybridized carbons (Fsp3) is 0.688. The molecule has 0 aromatic carbocycles. The van der Waals surface area contributed by atoms with Crippen molar-refractivity contribution >= 4 is 23.2 Å². The summed E-state index contributed by atoms with van der Waals surface area (Å²) in [5.74, 6) is 1.12. The number of aryl methyl sites for hydroxylation is 2. The van der Waals surface area contributed by atoms with Crippen molar-refractivity contribution in [3.63, 3.8) is 0 Å². The molecule has 1 aliphatic heterocycles. The molecule has 2 rings (SSSR count). The summed E-state index contributed by atoms with van der Waals surface area (Å²) in [6.07, 6.45) is 1.99. The number of aliphatic imine (C=N–C) groups is 1. The second kappa shape index (κ2) is 8.86. The molecule has 1 aromatic rings. The topological polar surface area (TPSA) is 60.8 Å². The fourth-order valence-corrected chi connectivity index (χ4v) is 3.41. The quantitative estimate of drug-likeness (QED) is 0.503. The van der Waals surface area contributed by atoms with E-state index in [-0.39, 0.29) is 5.91 Å². The maximum absolute atomic E-state index is 11.4. The van der Waals surface area contributed by atoms with E-state index in [1.54, 1.807) is 18.3 Å². The van der Waals surface area contributed by atoms with Crippen LogP contribution >= 0.6 is 11.3 Å². The largest absolute Gasteiger partial charge is 0.357 e. The standard InChI is InChI=1S/C16H27N5OS/c1-4-17-16(21-10-8-20(9-11-21)14(3)22)18-7-5-6-15-19-13(2)12-23-15/h12H,4-11H2,1-3H3,(H,17,18). The van der Waals surface area contributed by atoms with Crippen LogP contribution < -0.4 is 5.32 Å². The van der Waals surface area contributed by atoms with Gasteiger partial charge in [0.2, 0.25) is 5.91 Å². The summed E-state index contributed by atoms with van der Waals surface area (Å²) in [6, 6.07) is 0. The van der Waals surface area contributed by atoms with E-state index in [0.29, 0.717) is 0 Å². The molecule has 128 valence electrons. The monoisotopic (exact) mass is 337 g/mol. The number of aromatic nitrogens is 1. The van der Waals surface area contributed by atoms with Crippen LogP contribution in [0.2, 0.25) is 0 Å². The lowest BCUT2D eigenvalue weighted by molar-refractivity contribution is -0.130. The Morgan fingerprint density at radius 3 is 2.61 bits per heavy atom. The van der Waals surface area contributed by atoms with E-state index >= 15 is 0 Å². The van der Waals surface area contributed by atoms with Crippen LogP contribution in [-0.2, 0) is 11.2 Å². The van der Waals surface area contributed by atoms with Gasteiger partial charge in [0.05, 0.1) is 5.01 Å². The highest BCUT2D eigenvalue weighted by molar-refractivity contribution is 7.09. The first-order valence-corrected chi connectivity index (χ1v) is 9.18. The molecule has 1 N–H and O–H groups in total. The normalized spacial score (nSPS) is 15.9. The highest BCUT2D eigenvalue weighted by Crippen LogP contribution is 2.11. The summed E-state index contributed by atoms with van der Waals surface area (Å²) >= 11 is 1.73. The van der Waals surface area contributed by atoms with Crippen molar-refractivity contribution < 1.29 is 4.79 Å². The third-order valence-corrected chi connectivity index (χ3v) is 4.86. The Morgan fingerprint density at radius 1 is 1.35 bits per heavy atom. The number of nitrogens with zero attached hydrogens (tertiary/aromatic N) is 4. The molecule has 0 saturated carbocycles. The van der Waals surface area contributed by atoms with Crippen molar-refractivity contribution in [3.8, 4) is 0 Å². The number of carbonyl (C=O) groups excluding carboxylic acids is 1. The SMILES string of the molecule is CCNC(=NCCCc1nc(C)cs1)N1CCN(C(C)=O)CC1. The smallest absolute Gasteiger partial charge is 0.219 e. The molecule has 0 unspecified atom stereocenters. The molecule has 23 heavy (non-hydrogen) atoms. The lowest BCUT2D eigenvalue weighted by atomic mass is 10.3. The third kappa shape index (κ3) is 5.49. The Hall–Kier alpha value is -1.63. The Bertz CT molecular complexity index is 534. The zero-order valence-electron chi connectivity index (χ0n) is 14.3. The van der Waals surface area contributed by atoms with Gasteiger partial charge >= 0.3 is 0 Å². The van der Waals surface area contributed by atoms with Gasteiger partial charge in [0.25, 0.3) is 0 Å². The summed E-state index contributed by atoms with van der Waals surface area (Å²) in [6.45, 7) is 10.6. The molecule has 7 heteroatoms. The summed E-state index contributed by atoms with van der Waals surface area (Å²) in [5.41, 5.74) is 1.10. The van der Waals surface area contributed by atoms with Gasteiger partial charge in [0.1, 0.15) is 0 Å². The maximum Gasteiger partial charge on any atom is 0.219 e. The summed E-state index contributed by atoms with van der Waals surface area (Å²) in [7, 11) is 0. The van der Waals surface area contributed by atoms with Gasteiger partial charge in [0, 0.05) is 63.7 Å². The number of hydrogen-bond donors (Lipinski definition) is 1. The van der Waals surface area contributed by atoms with E-state index in [2.05, 4.69) is 27.5 Å². The Morgan fingerprint density at radius 2 is 2.04 bits per heavy atom. The minimum Gasteiger partial charge on any atom is -0.357 e. The van der Waals surface area contributed by atoms with Crippen molar-refractivity contribution in [1.82, 2.24) is 20.1 Å². The zero-order valence-corrected chi connectivity index (χ0v) is 15.2. The fourth-order valence-electron chi connectivity index (χ4n) is 2.59. The summed E-state index contributed by atoms with van der Waals surface area (Å²) in [5, 5.41) is 6.65. The molecule has 0 radical (unpaired) electrons. The van der Waals surface area contributed by atoms with E-state index in [0.717, 1.165) is 63.8 Å². The lowest BCUT2D eigenvalue weighted by Crippen LogP contribution is -2.53. The first-order valence-electron chi connectivity index (χ1n) is 8.30. The number of amides is 1. The van der Waals surface area contributed by atoms with Gasteiger partial charge in [-0.05, 0) is 20.3 Å². The minimum atomic E-state index is 0.158. The van der Waals surface area contributed by atoms with Crippen molar-refractivity contribution in [3.05, 3.63) is 16.1 Å². The van der Waals surface area contributed by atoms with Crippen molar-refractivity contribution in [2.45, 2.75) is 33.6 Å². The van der Waals surface area contributed by atoms with Gasteiger partial charge in [0.15, 0.2) is 5.96 Å². The van der Waals surface area contributed by atoms with Crippen LogP contribution in [-0.4, -0.2) is 65.9 Å². The molecule has 1 amide bonds. The van der Waals surface area contributed by atoms with E-state index in [1.165, 1.54) is 5.01 Å². The molecule has 0 aliphatic carbocycles. The molecular formula is C16H27N5OS. The maximum atomic E-state index is 11.4. The first-order chi connectivity index (χ1) is 11.1. The van der Waals surface area contributed by atoms with Crippen LogP contribution in [0.3, 0.4) is 0 Å². The molecule has 1 aromatic heterocycles. The Labute approximate surface area is 142 Å². The average molecular weight is 337 g/mol. The van der Waals surface area contributed by atoms with Crippen LogP contribution in [0, 0.1) is 6.92 Å². The highest BCUT2D eigenvalue weighted by atomic mass is 32.1. The van der Waals surface area contributed by atoms with Crippen molar-refractivity contribution in [2.75, 3.05) is 39.3 Å². The van der Waals surface area contributed by atoms with Crippen LogP contribution in [0.15, 0.2) is 10.4 Å². The van der Waals surface area contributed by atoms with Crippen LogP contribution in [0.25, 0.3) is 0 Å². The Balaban J connectivity index is 1.81. The number of hydrogen-bond acceptors (Lipinski definition) is 4. The summed E-state index contributed by atoms with van der Waals surface area (Å²) < 4.78 is 0. The van der Waals surface area contributed by atoms with Gasteiger partial charge in [-0.3, -0.25) is 9.79 Å². The van der Waals surface area contributed by atoms with Gasteiger partial charge in [-0.25, -0.2) is 4.98 Å². The number of guanidine groups is 1. The predicted molar refractivity (Wildman–Crippen MR) is 95.0 cm³/mol. The average Bonchev–Trinajstić information content (AvgIpc) is 2.96. The number of nitrogens with one attached hydrogen (secondary N) is 1. The number of thiazole rings is 1. The molecule has 0 atom stereocenters. The van der Waals surface area contributed by atoms with Crippen molar-refractivity contribution in [1.29, 1.82) is 0 Å². The van der Waals surface area contributed by atoms with Crippen LogP contribution in [0.5, 0.6) is 0 Å². The van der Waals surface area contributed by atoms with Crippen LogP contribution in [0.1, 0.15) is 31.0 Å². The second-order valence-corrected chi connectivity index (χ2v) is 6.66.